The van der Waals surface area contributed by atoms with Gasteiger partial charge in [-0.15, -0.1) is 12.4 Å². The third-order valence-electron chi connectivity index (χ3n) is 5.29. The smallest absolute Gasteiger partial charge is 0.224 e. The Morgan fingerprint density at radius 1 is 1.18 bits per heavy atom. The second-order valence-electron chi connectivity index (χ2n) is 7.43. The number of ether oxygens (including phenoxy) is 1. The summed E-state index contributed by atoms with van der Waals surface area (Å²) in [6, 6.07) is 16.0. The number of benzene rings is 2. The van der Waals surface area contributed by atoms with Gasteiger partial charge in [0.25, 0.3) is 0 Å². The first-order valence-corrected chi connectivity index (χ1v) is 9.94. The van der Waals surface area contributed by atoms with Gasteiger partial charge in [0.15, 0.2) is 0 Å². The number of halogens is 1. The fourth-order valence-electron chi connectivity index (χ4n) is 3.56. The minimum absolute atomic E-state index is 0. The van der Waals surface area contributed by atoms with Gasteiger partial charge in [0.1, 0.15) is 11.9 Å². The van der Waals surface area contributed by atoms with Crippen molar-refractivity contribution in [3.63, 3.8) is 0 Å². The summed E-state index contributed by atoms with van der Waals surface area (Å²) in [4.78, 5) is 12.3. The second kappa shape index (κ2) is 11.1. The molecule has 4 nitrogen and oxygen atoms in total. The maximum atomic E-state index is 12.3. The SMILES string of the molecule is Cc1cc(OC(C)c2ccccc2)ccc1NC(=O)CCC1CCNCC1.Cl. The average molecular weight is 403 g/mol. The number of piperidine rings is 1. The molecule has 2 aromatic rings. The van der Waals surface area contributed by atoms with E-state index < -0.39 is 0 Å². The van der Waals surface area contributed by atoms with E-state index in [9.17, 15) is 4.79 Å². The Bertz CT molecular complexity index is 746. The van der Waals surface area contributed by atoms with Gasteiger partial charge < -0.3 is 15.4 Å². The molecule has 3 rings (SSSR count). The van der Waals surface area contributed by atoms with Crippen LogP contribution in [-0.4, -0.2) is 19.0 Å². The molecule has 1 atom stereocenters. The van der Waals surface area contributed by atoms with E-state index in [0.29, 0.717) is 12.3 Å². The van der Waals surface area contributed by atoms with Crippen molar-refractivity contribution in [2.75, 3.05) is 18.4 Å². The van der Waals surface area contributed by atoms with E-state index in [1.54, 1.807) is 0 Å². The summed E-state index contributed by atoms with van der Waals surface area (Å²) in [5, 5.41) is 6.42. The molecule has 2 N–H and O–H groups in total. The van der Waals surface area contributed by atoms with E-state index in [1.807, 2.05) is 50.2 Å². The van der Waals surface area contributed by atoms with Gasteiger partial charge in [-0.25, -0.2) is 0 Å². The predicted octanol–water partition coefficient (Wildman–Crippen LogP) is 5.28. The number of carbonyl (C=O) groups excluding carboxylic acids is 1. The van der Waals surface area contributed by atoms with Gasteiger partial charge in [0.2, 0.25) is 5.91 Å². The maximum Gasteiger partial charge on any atom is 0.224 e. The standard InChI is InChI=1S/C23H30N2O2.ClH/c1-17-16-21(27-18(2)20-6-4-3-5-7-20)9-10-22(17)25-23(26)11-8-19-12-14-24-15-13-19;/h3-7,9-10,16,18-19,24H,8,11-15H2,1-2H3,(H,25,26);1H. The Kier molecular flexibility index (Phi) is 8.81. The number of hydrogen-bond donors (Lipinski definition) is 2. The van der Waals surface area contributed by atoms with E-state index in [2.05, 4.69) is 22.8 Å². The quantitative estimate of drug-likeness (QED) is 0.662. The molecule has 0 saturated carbocycles. The zero-order chi connectivity index (χ0) is 19.1. The molecule has 1 aliphatic rings. The van der Waals surface area contributed by atoms with Crippen molar-refractivity contribution >= 4 is 24.0 Å². The first kappa shape index (κ1) is 22.3. The van der Waals surface area contributed by atoms with Gasteiger partial charge in [0.05, 0.1) is 0 Å². The van der Waals surface area contributed by atoms with Crippen LogP contribution in [-0.2, 0) is 4.79 Å². The molecule has 0 spiro atoms. The molecule has 2 aromatic carbocycles. The van der Waals surface area contributed by atoms with Crippen LogP contribution < -0.4 is 15.4 Å². The molecule has 1 saturated heterocycles. The highest BCUT2D eigenvalue weighted by Gasteiger charge is 2.15. The number of aryl methyl sites for hydroxylation is 1. The molecule has 1 heterocycles. The van der Waals surface area contributed by atoms with Crippen LogP contribution in [0.4, 0.5) is 5.69 Å². The van der Waals surface area contributed by atoms with Gasteiger partial charge in [-0.1, -0.05) is 30.3 Å². The van der Waals surface area contributed by atoms with Crippen molar-refractivity contribution in [3.8, 4) is 5.75 Å². The Labute approximate surface area is 174 Å². The molecule has 28 heavy (non-hydrogen) atoms. The summed E-state index contributed by atoms with van der Waals surface area (Å²) in [7, 11) is 0. The number of rotatable bonds is 7. The van der Waals surface area contributed by atoms with Crippen LogP contribution in [0.3, 0.4) is 0 Å². The number of anilines is 1. The number of carbonyl (C=O) groups is 1. The minimum Gasteiger partial charge on any atom is -0.486 e. The predicted molar refractivity (Wildman–Crippen MR) is 117 cm³/mol. The van der Waals surface area contributed by atoms with Crippen molar-refractivity contribution in [2.24, 2.45) is 5.92 Å². The zero-order valence-electron chi connectivity index (χ0n) is 16.7. The Morgan fingerprint density at radius 2 is 1.89 bits per heavy atom. The lowest BCUT2D eigenvalue weighted by Gasteiger charge is -2.22. The van der Waals surface area contributed by atoms with E-state index in [-0.39, 0.29) is 24.4 Å². The first-order valence-electron chi connectivity index (χ1n) is 9.94. The number of amides is 1. The molecule has 0 bridgehead atoms. The third kappa shape index (κ3) is 6.54. The topological polar surface area (TPSA) is 50.4 Å². The highest BCUT2D eigenvalue weighted by atomic mass is 35.5. The van der Waals surface area contributed by atoms with Crippen LogP contribution >= 0.6 is 12.4 Å². The highest BCUT2D eigenvalue weighted by molar-refractivity contribution is 5.91. The molecule has 152 valence electrons. The van der Waals surface area contributed by atoms with Crippen molar-refractivity contribution in [2.45, 2.75) is 45.6 Å². The van der Waals surface area contributed by atoms with E-state index in [0.717, 1.165) is 42.1 Å². The summed E-state index contributed by atoms with van der Waals surface area (Å²) < 4.78 is 6.05. The van der Waals surface area contributed by atoms with Crippen LogP contribution in [0.1, 0.15) is 49.8 Å². The van der Waals surface area contributed by atoms with Gasteiger partial charge in [0, 0.05) is 12.1 Å². The Balaban J connectivity index is 0.00000280. The summed E-state index contributed by atoms with van der Waals surface area (Å²) >= 11 is 0. The fourth-order valence-corrected chi connectivity index (χ4v) is 3.56. The Morgan fingerprint density at radius 3 is 2.57 bits per heavy atom. The summed E-state index contributed by atoms with van der Waals surface area (Å²) in [5.74, 6) is 1.59. The van der Waals surface area contributed by atoms with Gasteiger partial charge in [-0.05, 0) is 81.4 Å². The van der Waals surface area contributed by atoms with Gasteiger partial charge >= 0.3 is 0 Å². The molecule has 5 heteroatoms. The van der Waals surface area contributed by atoms with E-state index >= 15 is 0 Å². The highest BCUT2D eigenvalue weighted by Crippen LogP contribution is 2.26. The van der Waals surface area contributed by atoms with Crippen LogP contribution in [0.5, 0.6) is 5.75 Å². The van der Waals surface area contributed by atoms with Crippen molar-refractivity contribution in [1.29, 1.82) is 0 Å². The molecule has 0 aromatic heterocycles. The fraction of sp³-hybridized carbons (Fsp3) is 0.435. The first-order chi connectivity index (χ1) is 13.1. The van der Waals surface area contributed by atoms with Crippen LogP contribution in [0.15, 0.2) is 48.5 Å². The van der Waals surface area contributed by atoms with Gasteiger partial charge in [-0.2, -0.15) is 0 Å². The van der Waals surface area contributed by atoms with Gasteiger partial charge in [-0.3, -0.25) is 4.79 Å². The molecular formula is C23H31ClN2O2. The van der Waals surface area contributed by atoms with Crippen LogP contribution in [0, 0.1) is 12.8 Å². The molecular weight excluding hydrogens is 372 g/mol. The third-order valence-corrected chi connectivity index (χ3v) is 5.29. The summed E-state index contributed by atoms with van der Waals surface area (Å²) in [5.41, 5.74) is 3.03. The molecule has 1 amide bonds. The van der Waals surface area contributed by atoms with Crippen LogP contribution in [0.25, 0.3) is 0 Å². The molecule has 0 radical (unpaired) electrons. The average Bonchev–Trinajstić information content (AvgIpc) is 2.70. The van der Waals surface area contributed by atoms with E-state index in [1.165, 1.54) is 12.8 Å². The largest absolute Gasteiger partial charge is 0.486 e. The molecule has 1 unspecified atom stereocenters. The Hall–Kier alpha value is -2.04. The number of nitrogens with one attached hydrogen (secondary N) is 2. The molecule has 1 fully saturated rings. The van der Waals surface area contributed by atoms with Crippen molar-refractivity contribution < 1.29 is 9.53 Å². The summed E-state index contributed by atoms with van der Waals surface area (Å²) in [6.07, 6.45) is 3.90. The lowest BCUT2D eigenvalue weighted by Crippen LogP contribution is -2.28. The number of hydrogen-bond acceptors (Lipinski definition) is 3. The monoisotopic (exact) mass is 402 g/mol. The second-order valence-corrected chi connectivity index (χ2v) is 7.43. The van der Waals surface area contributed by atoms with Crippen molar-refractivity contribution in [1.82, 2.24) is 5.32 Å². The van der Waals surface area contributed by atoms with E-state index in [4.69, 9.17) is 4.74 Å². The minimum atomic E-state index is -0.0176. The normalized spacial score (nSPS) is 15.4. The molecule has 1 aliphatic heterocycles. The lowest BCUT2D eigenvalue weighted by atomic mass is 9.93. The lowest BCUT2D eigenvalue weighted by molar-refractivity contribution is -0.116. The zero-order valence-corrected chi connectivity index (χ0v) is 17.6. The maximum absolute atomic E-state index is 12.3. The molecule has 0 aliphatic carbocycles. The van der Waals surface area contributed by atoms with Crippen molar-refractivity contribution in [3.05, 3.63) is 59.7 Å². The summed E-state index contributed by atoms with van der Waals surface area (Å²) in [6.45, 7) is 6.20. The van der Waals surface area contributed by atoms with Crippen LogP contribution in [0.2, 0.25) is 0 Å².